The molecular weight excluding hydrogens is 273 g/mol. The van der Waals surface area contributed by atoms with E-state index in [0.29, 0.717) is 5.56 Å². The van der Waals surface area contributed by atoms with Crippen LogP contribution in [0.2, 0.25) is 0 Å². The van der Waals surface area contributed by atoms with Gasteiger partial charge < -0.3 is 5.32 Å². The van der Waals surface area contributed by atoms with E-state index in [1.807, 2.05) is 0 Å². The normalized spacial score (nSPS) is 11.6. The van der Waals surface area contributed by atoms with Gasteiger partial charge in [0.05, 0.1) is 6.21 Å². The molecule has 0 aromatic heterocycles. The van der Waals surface area contributed by atoms with Gasteiger partial charge in [0.1, 0.15) is 6.54 Å². The predicted molar refractivity (Wildman–Crippen MR) is 59.4 cm³/mol. The molecule has 4 nitrogen and oxygen atoms in total. The van der Waals surface area contributed by atoms with Gasteiger partial charge in [-0.05, 0) is 17.7 Å². The van der Waals surface area contributed by atoms with E-state index in [1.165, 1.54) is 30.5 Å². The first-order valence-electron chi connectivity index (χ1n) is 4.68. The first-order valence-corrected chi connectivity index (χ1v) is 4.99. The Balaban J connectivity index is 2.62. The molecule has 8 heteroatoms. The summed E-state index contributed by atoms with van der Waals surface area (Å²) in [4.78, 5) is 11.3. The standard InChI is InChI=1S/C10H8ClF3N2O2/c11-18-16-5-7-1-3-8(4-2-7)9(17)15-6-10(12,13)14/h1-5H,6H2,(H,15,17). The van der Waals surface area contributed by atoms with Gasteiger partial charge in [-0.2, -0.15) is 13.2 Å². The van der Waals surface area contributed by atoms with Gasteiger partial charge in [-0.1, -0.05) is 17.3 Å². The fraction of sp³-hybridized carbons (Fsp3) is 0.200. The maximum Gasteiger partial charge on any atom is 0.405 e. The topological polar surface area (TPSA) is 50.7 Å². The molecule has 0 aliphatic heterocycles. The van der Waals surface area contributed by atoms with Gasteiger partial charge in [-0.3, -0.25) is 9.18 Å². The Morgan fingerprint density at radius 3 is 2.50 bits per heavy atom. The van der Waals surface area contributed by atoms with Crippen molar-refractivity contribution in [3.63, 3.8) is 0 Å². The highest BCUT2D eigenvalue weighted by Crippen LogP contribution is 2.12. The molecule has 1 aromatic rings. The smallest absolute Gasteiger partial charge is 0.343 e. The van der Waals surface area contributed by atoms with Crippen molar-refractivity contribution in [3.05, 3.63) is 35.4 Å². The SMILES string of the molecule is O=C(NCC(F)(F)F)c1ccc(C=NOCl)cc1. The van der Waals surface area contributed by atoms with Crippen molar-refractivity contribution in [2.75, 3.05) is 6.54 Å². The first kappa shape index (κ1) is 14.3. The van der Waals surface area contributed by atoms with Crippen molar-refractivity contribution in [3.8, 4) is 0 Å². The van der Waals surface area contributed by atoms with Crippen LogP contribution in [-0.4, -0.2) is 24.8 Å². The largest absolute Gasteiger partial charge is 0.405 e. The third kappa shape index (κ3) is 5.05. The second-order valence-corrected chi connectivity index (χ2v) is 3.36. The van der Waals surface area contributed by atoms with E-state index in [4.69, 9.17) is 11.9 Å². The van der Waals surface area contributed by atoms with Gasteiger partial charge >= 0.3 is 6.18 Å². The molecule has 0 saturated carbocycles. The molecule has 0 unspecified atom stereocenters. The number of halogens is 4. The van der Waals surface area contributed by atoms with Crippen LogP contribution in [0.5, 0.6) is 0 Å². The van der Waals surface area contributed by atoms with E-state index in [1.54, 1.807) is 5.32 Å². The lowest BCUT2D eigenvalue weighted by molar-refractivity contribution is -0.123. The van der Waals surface area contributed by atoms with E-state index in [0.717, 1.165) is 0 Å². The lowest BCUT2D eigenvalue weighted by Crippen LogP contribution is -2.33. The van der Waals surface area contributed by atoms with Crippen LogP contribution in [0.25, 0.3) is 0 Å². The Kier molecular flexibility index (Phi) is 4.96. The minimum absolute atomic E-state index is 0.114. The summed E-state index contributed by atoms with van der Waals surface area (Å²) in [7, 11) is 0. The molecule has 0 spiro atoms. The molecule has 1 aromatic carbocycles. The van der Waals surface area contributed by atoms with Crippen LogP contribution in [-0.2, 0) is 4.39 Å². The van der Waals surface area contributed by atoms with Gasteiger partial charge in [-0.15, -0.1) is 0 Å². The predicted octanol–water partition coefficient (Wildman–Crippen LogP) is 2.48. The van der Waals surface area contributed by atoms with Crippen molar-refractivity contribution in [1.29, 1.82) is 0 Å². The molecular formula is C10H8ClF3N2O2. The maximum atomic E-state index is 11.9. The summed E-state index contributed by atoms with van der Waals surface area (Å²) in [5, 5.41) is 5.03. The molecule has 0 radical (unpaired) electrons. The molecule has 98 valence electrons. The van der Waals surface area contributed by atoms with E-state index in [-0.39, 0.29) is 5.56 Å². The number of nitrogens with one attached hydrogen (secondary N) is 1. The van der Waals surface area contributed by atoms with E-state index in [9.17, 15) is 18.0 Å². The number of nitrogens with zero attached hydrogens (tertiary/aromatic N) is 1. The third-order valence-corrected chi connectivity index (χ3v) is 1.94. The zero-order valence-electron chi connectivity index (χ0n) is 8.87. The molecule has 0 bridgehead atoms. The van der Waals surface area contributed by atoms with Crippen molar-refractivity contribution >= 4 is 24.0 Å². The summed E-state index contributed by atoms with van der Waals surface area (Å²) in [5.41, 5.74) is 0.700. The van der Waals surface area contributed by atoms with Gasteiger partial charge in [0, 0.05) is 5.56 Å². The number of benzene rings is 1. The maximum absolute atomic E-state index is 11.9. The number of carbonyl (C=O) groups excluding carboxylic acids is 1. The van der Waals surface area contributed by atoms with Crippen LogP contribution in [0, 0.1) is 0 Å². The molecule has 0 aliphatic rings. The summed E-state index contributed by atoms with van der Waals surface area (Å²) >= 11 is 4.85. The third-order valence-electron chi connectivity index (χ3n) is 1.86. The molecule has 0 heterocycles. The number of rotatable bonds is 4. The highest BCUT2D eigenvalue weighted by molar-refractivity contribution is 6.07. The molecule has 0 atom stereocenters. The summed E-state index contributed by atoms with van der Waals surface area (Å²) in [6, 6.07) is 5.70. The average molecular weight is 281 g/mol. The summed E-state index contributed by atoms with van der Waals surface area (Å²) < 4.78 is 39.6. The molecule has 1 rings (SSSR count). The lowest BCUT2D eigenvalue weighted by atomic mass is 10.1. The first-order chi connectivity index (χ1) is 8.42. The van der Waals surface area contributed by atoms with E-state index < -0.39 is 18.6 Å². The van der Waals surface area contributed by atoms with Crippen LogP contribution in [0.4, 0.5) is 13.2 Å². The second kappa shape index (κ2) is 6.25. The Hall–Kier alpha value is -1.76. The Morgan fingerprint density at radius 2 is 2.00 bits per heavy atom. The minimum atomic E-state index is -4.43. The Morgan fingerprint density at radius 1 is 1.39 bits per heavy atom. The van der Waals surface area contributed by atoms with Crippen LogP contribution < -0.4 is 5.32 Å². The number of amides is 1. The Bertz CT molecular complexity index is 432. The lowest BCUT2D eigenvalue weighted by Gasteiger charge is -2.08. The van der Waals surface area contributed by atoms with Crippen molar-refractivity contribution < 1.29 is 22.4 Å². The van der Waals surface area contributed by atoms with E-state index in [2.05, 4.69) is 9.55 Å². The van der Waals surface area contributed by atoms with Crippen LogP contribution >= 0.6 is 11.9 Å². The molecule has 18 heavy (non-hydrogen) atoms. The van der Waals surface area contributed by atoms with Gasteiger partial charge in [0.2, 0.25) is 0 Å². The van der Waals surface area contributed by atoms with Crippen molar-refractivity contribution in [2.45, 2.75) is 6.18 Å². The molecule has 1 amide bonds. The molecule has 1 N–H and O–H groups in total. The number of hydrogen-bond acceptors (Lipinski definition) is 3. The molecule has 0 aliphatic carbocycles. The summed E-state index contributed by atoms with van der Waals surface area (Å²) in [5.74, 6) is -0.801. The number of alkyl halides is 3. The monoisotopic (exact) mass is 280 g/mol. The minimum Gasteiger partial charge on any atom is -0.343 e. The zero-order valence-corrected chi connectivity index (χ0v) is 9.63. The van der Waals surface area contributed by atoms with Crippen LogP contribution in [0.15, 0.2) is 29.4 Å². The zero-order chi connectivity index (χ0) is 13.6. The highest BCUT2D eigenvalue weighted by atomic mass is 35.5. The quantitative estimate of drug-likeness (QED) is 0.680. The van der Waals surface area contributed by atoms with Crippen LogP contribution in [0.1, 0.15) is 15.9 Å². The average Bonchev–Trinajstić information content (AvgIpc) is 2.33. The number of hydrogen-bond donors (Lipinski definition) is 1. The van der Waals surface area contributed by atoms with Gasteiger partial charge in [-0.25, -0.2) is 0 Å². The Labute approximate surface area is 106 Å². The number of carbonyl (C=O) groups is 1. The van der Waals surface area contributed by atoms with E-state index >= 15 is 0 Å². The van der Waals surface area contributed by atoms with Crippen LogP contribution in [0.3, 0.4) is 0 Å². The molecule has 0 saturated heterocycles. The molecule has 0 fully saturated rings. The van der Waals surface area contributed by atoms with Crippen molar-refractivity contribution in [2.24, 2.45) is 5.16 Å². The highest BCUT2D eigenvalue weighted by Gasteiger charge is 2.27. The van der Waals surface area contributed by atoms with Crippen molar-refractivity contribution in [1.82, 2.24) is 5.32 Å². The fourth-order valence-corrected chi connectivity index (χ4v) is 1.12. The fourth-order valence-electron chi connectivity index (χ4n) is 1.08. The summed E-state index contributed by atoms with van der Waals surface area (Å²) in [6.07, 6.45) is -3.15. The van der Waals surface area contributed by atoms with Gasteiger partial charge in [0.15, 0.2) is 11.9 Å². The second-order valence-electron chi connectivity index (χ2n) is 3.22. The van der Waals surface area contributed by atoms with Gasteiger partial charge in [0.25, 0.3) is 5.91 Å². The summed E-state index contributed by atoms with van der Waals surface area (Å²) in [6.45, 7) is -1.37. The number of oxime groups is 1.